The molecule has 0 fully saturated rings. The van der Waals surface area contributed by atoms with Crippen LogP contribution in [0.15, 0.2) is 35.8 Å². The molecule has 0 saturated heterocycles. The van der Waals surface area contributed by atoms with Gasteiger partial charge < -0.3 is 19.5 Å². The zero-order valence-electron chi connectivity index (χ0n) is 16.1. The van der Waals surface area contributed by atoms with Gasteiger partial charge in [-0.05, 0) is 45.4 Å². The lowest BCUT2D eigenvalue weighted by Crippen LogP contribution is -2.30. The Bertz CT molecular complexity index is 872. The highest BCUT2D eigenvalue weighted by Gasteiger charge is 2.35. The molecule has 8 heteroatoms. The quantitative estimate of drug-likeness (QED) is 0.780. The van der Waals surface area contributed by atoms with Crippen LogP contribution < -0.4 is 14.8 Å². The average Bonchev–Trinajstić information content (AvgIpc) is 3.08. The zero-order chi connectivity index (χ0) is 19.6. The normalized spacial score (nSPS) is 16.0. The first-order chi connectivity index (χ1) is 13.0. The number of methoxy groups -OCH3 is 1. The number of carbonyl (C=O) groups excluding carboxylic acids is 1. The molecule has 144 valence electrons. The molecule has 3 rings (SSSR count). The van der Waals surface area contributed by atoms with Crippen LogP contribution in [-0.2, 0) is 9.53 Å². The third kappa shape index (κ3) is 3.60. The van der Waals surface area contributed by atoms with Crippen molar-refractivity contribution in [3.63, 3.8) is 0 Å². The van der Waals surface area contributed by atoms with Crippen LogP contribution in [-0.4, -0.2) is 40.6 Å². The molecule has 1 aromatic heterocycles. The lowest BCUT2D eigenvalue weighted by atomic mass is 9.95. The van der Waals surface area contributed by atoms with Crippen LogP contribution in [0.2, 0.25) is 0 Å². The molecular weight excluding hydrogens is 348 g/mol. The number of hydrogen-bond acceptors (Lipinski definition) is 7. The summed E-state index contributed by atoms with van der Waals surface area (Å²) >= 11 is 0. The Kier molecular flexibility index (Phi) is 5.34. The summed E-state index contributed by atoms with van der Waals surface area (Å²) in [6.45, 7) is 7.91. The van der Waals surface area contributed by atoms with Gasteiger partial charge in [0, 0.05) is 5.70 Å². The van der Waals surface area contributed by atoms with Gasteiger partial charge in [-0.1, -0.05) is 6.07 Å². The summed E-state index contributed by atoms with van der Waals surface area (Å²) in [5.41, 5.74) is 1.98. The SMILES string of the molecule is CCOc1ccc(C2C(C(=O)OC(C)C)=C(C)Nc3ncnn32)cc1OC. The Morgan fingerprint density at radius 3 is 2.78 bits per heavy atom. The molecule has 0 aliphatic carbocycles. The number of esters is 1. The van der Waals surface area contributed by atoms with Gasteiger partial charge in [-0.15, -0.1) is 0 Å². The van der Waals surface area contributed by atoms with E-state index in [2.05, 4.69) is 15.4 Å². The van der Waals surface area contributed by atoms with Gasteiger partial charge in [-0.25, -0.2) is 9.48 Å². The molecule has 1 aliphatic heterocycles. The number of aromatic nitrogens is 3. The maximum Gasteiger partial charge on any atom is 0.338 e. The smallest absolute Gasteiger partial charge is 0.338 e. The number of anilines is 1. The molecule has 1 atom stereocenters. The Hall–Kier alpha value is -3.03. The van der Waals surface area contributed by atoms with Gasteiger partial charge in [0.15, 0.2) is 11.5 Å². The van der Waals surface area contributed by atoms with E-state index < -0.39 is 12.0 Å². The molecule has 1 unspecified atom stereocenters. The second kappa shape index (κ2) is 7.69. The number of carbonyl (C=O) groups is 1. The number of ether oxygens (including phenoxy) is 3. The molecule has 1 aliphatic rings. The minimum absolute atomic E-state index is 0.231. The van der Waals surface area contributed by atoms with Gasteiger partial charge in [-0.3, -0.25) is 0 Å². The fourth-order valence-corrected chi connectivity index (χ4v) is 3.07. The molecular formula is C19H24N4O4. The van der Waals surface area contributed by atoms with E-state index in [1.54, 1.807) is 11.8 Å². The first-order valence-electron chi connectivity index (χ1n) is 8.85. The predicted molar refractivity (Wildman–Crippen MR) is 99.9 cm³/mol. The zero-order valence-corrected chi connectivity index (χ0v) is 16.1. The maximum absolute atomic E-state index is 12.8. The van der Waals surface area contributed by atoms with Crippen LogP contribution in [0.25, 0.3) is 0 Å². The van der Waals surface area contributed by atoms with Crippen molar-refractivity contribution in [3.8, 4) is 11.5 Å². The van der Waals surface area contributed by atoms with Gasteiger partial charge in [0.25, 0.3) is 0 Å². The molecule has 0 bridgehead atoms. The van der Waals surface area contributed by atoms with Crippen molar-refractivity contribution in [2.45, 2.75) is 39.8 Å². The highest BCUT2D eigenvalue weighted by Crippen LogP contribution is 2.38. The first kappa shape index (κ1) is 18.8. The molecule has 2 heterocycles. The van der Waals surface area contributed by atoms with E-state index in [0.717, 1.165) is 5.56 Å². The van der Waals surface area contributed by atoms with Gasteiger partial charge >= 0.3 is 5.97 Å². The van der Waals surface area contributed by atoms with E-state index in [4.69, 9.17) is 14.2 Å². The van der Waals surface area contributed by atoms with Crippen LogP contribution in [0.5, 0.6) is 11.5 Å². The van der Waals surface area contributed by atoms with E-state index >= 15 is 0 Å². The van der Waals surface area contributed by atoms with E-state index in [-0.39, 0.29) is 6.10 Å². The molecule has 0 amide bonds. The number of nitrogens with zero attached hydrogens (tertiary/aromatic N) is 3. The molecule has 8 nitrogen and oxygen atoms in total. The van der Waals surface area contributed by atoms with E-state index in [0.29, 0.717) is 35.3 Å². The Morgan fingerprint density at radius 2 is 2.11 bits per heavy atom. The summed E-state index contributed by atoms with van der Waals surface area (Å²) in [7, 11) is 1.58. The molecule has 27 heavy (non-hydrogen) atoms. The predicted octanol–water partition coefficient (Wildman–Crippen LogP) is 2.93. The summed E-state index contributed by atoms with van der Waals surface area (Å²) in [4.78, 5) is 17.0. The number of rotatable bonds is 6. The average molecular weight is 372 g/mol. The molecule has 1 aromatic carbocycles. The monoisotopic (exact) mass is 372 g/mol. The van der Waals surface area contributed by atoms with E-state index in [1.807, 2.05) is 45.9 Å². The van der Waals surface area contributed by atoms with Crippen molar-refractivity contribution < 1.29 is 19.0 Å². The van der Waals surface area contributed by atoms with Crippen molar-refractivity contribution in [2.24, 2.45) is 0 Å². The fourth-order valence-electron chi connectivity index (χ4n) is 3.07. The van der Waals surface area contributed by atoms with Crippen molar-refractivity contribution in [2.75, 3.05) is 19.0 Å². The van der Waals surface area contributed by atoms with E-state index in [1.165, 1.54) is 6.33 Å². The summed E-state index contributed by atoms with van der Waals surface area (Å²) in [5, 5.41) is 7.42. The number of allylic oxidation sites excluding steroid dienone is 1. The van der Waals surface area contributed by atoms with Crippen LogP contribution in [0.1, 0.15) is 39.3 Å². The van der Waals surface area contributed by atoms with Crippen molar-refractivity contribution in [3.05, 3.63) is 41.4 Å². The highest BCUT2D eigenvalue weighted by molar-refractivity contribution is 5.92. The molecule has 0 spiro atoms. The Balaban J connectivity index is 2.11. The van der Waals surface area contributed by atoms with Crippen LogP contribution in [0, 0.1) is 0 Å². The molecule has 0 saturated carbocycles. The molecule has 2 aromatic rings. The first-order valence-corrected chi connectivity index (χ1v) is 8.85. The maximum atomic E-state index is 12.8. The van der Waals surface area contributed by atoms with Gasteiger partial charge in [0.1, 0.15) is 12.4 Å². The highest BCUT2D eigenvalue weighted by atomic mass is 16.5. The second-order valence-electron chi connectivity index (χ2n) is 6.39. The summed E-state index contributed by atoms with van der Waals surface area (Å²) in [5.74, 6) is 1.40. The minimum Gasteiger partial charge on any atom is -0.493 e. The van der Waals surface area contributed by atoms with Crippen molar-refractivity contribution in [1.29, 1.82) is 0 Å². The standard InChI is InChI=1S/C19H24N4O4/c1-6-26-14-8-7-13(9-15(14)25-5)17-16(18(24)27-11(2)3)12(4)22-19-20-10-21-23(17)19/h7-11,17H,6H2,1-5H3,(H,20,21,22). The van der Waals surface area contributed by atoms with Crippen molar-refractivity contribution >= 4 is 11.9 Å². The van der Waals surface area contributed by atoms with Crippen LogP contribution >= 0.6 is 0 Å². The number of benzene rings is 1. The van der Waals surface area contributed by atoms with Gasteiger partial charge in [0.05, 0.1) is 25.4 Å². The topological polar surface area (TPSA) is 87.5 Å². The minimum atomic E-state index is -0.487. The lowest BCUT2D eigenvalue weighted by Gasteiger charge is -2.29. The third-order valence-electron chi connectivity index (χ3n) is 4.16. The number of nitrogens with one attached hydrogen (secondary N) is 1. The Morgan fingerprint density at radius 1 is 1.33 bits per heavy atom. The summed E-state index contributed by atoms with van der Waals surface area (Å²) < 4.78 is 18.2. The van der Waals surface area contributed by atoms with Gasteiger partial charge in [-0.2, -0.15) is 10.1 Å². The molecule has 0 radical (unpaired) electrons. The van der Waals surface area contributed by atoms with Crippen molar-refractivity contribution in [1.82, 2.24) is 14.8 Å². The Labute approximate surface area is 158 Å². The number of fused-ring (bicyclic) bond motifs is 1. The fraction of sp³-hybridized carbons (Fsp3) is 0.421. The van der Waals surface area contributed by atoms with Gasteiger partial charge in [0.2, 0.25) is 5.95 Å². The van der Waals surface area contributed by atoms with Crippen LogP contribution in [0.4, 0.5) is 5.95 Å². The summed E-state index contributed by atoms with van der Waals surface area (Å²) in [6.07, 6.45) is 1.22. The number of hydrogen-bond donors (Lipinski definition) is 1. The lowest BCUT2D eigenvalue weighted by molar-refractivity contribution is -0.143. The van der Waals surface area contributed by atoms with E-state index in [9.17, 15) is 4.79 Å². The molecule has 1 N–H and O–H groups in total. The third-order valence-corrected chi connectivity index (χ3v) is 4.16. The largest absolute Gasteiger partial charge is 0.493 e. The summed E-state index contributed by atoms with van der Waals surface area (Å²) in [6, 6.07) is 5.09. The van der Waals surface area contributed by atoms with Crippen LogP contribution in [0.3, 0.4) is 0 Å². The second-order valence-corrected chi connectivity index (χ2v) is 6.39.